The summed E-state index contributed by atoms with van der Waals surface area (Å²) in [5.41, 5.74) is 12.3. The number of nitrogen functional groups attached to an aromatic ring is 1. The maximum atomic E-state index is 11.7. The first kappa shape index (κ1) is 21.2. The lowest BCUT2D eigenvalue weighted by Gasteiger charge is -2.24. The monoisotopic (exact) mass is 404 g/mol. The Kier molecular flexibility index (Phi) is 8.70. The van der Waals surface area contributed by atoms with E-state index < -0.39 is 0 Å². The van der Waals surface area contributed by atoms with Gasteiger partial charge >= 0.3 is 0 Å². The molecule has 0 aliphatic rings. The molecule has 0 spiro atoms. The van der Waals surface area contributed by atoms with Crippen LogP contribution in [0.5, 0.6) is 0 Å². The quantitative estimate of drug-likeness (QED) is 0.488. The Morgan fingerprint density at radius 2 is 1.76 bits per heavy atom. The molecule has 0 heterocycles. The smallest absolute Gasteiger partial charge is 0.214 e. The topological polar surface area (TPSA) is 46.3 Å². The minimum atomic E-state index is 0.552. The van der Waals surface area contributed by atoms with Gasteiger partial charge in [0.25, 0.3) is 0 Å². The second kappa shape index (κ2) is 10.2. The molecule has 0 aromatic heterocycles. The fourth-order valence-electron chi connectivity index (χ4n) is 2.81. The first-order valence-corrected chi connectivity index (χ1v) is 9.62. The van der Waals surface area contributed by atoms with E-state index in [1.807, 2.05) is 58.0 Å². The lowest BCUT2D eigenvalue weighted by Crippen LogP contribution is -2.22. The van der Waals surface area contributed by atoms with Gasteiger partial charge in [-0.25, -0.2) is 0 Å². The summed E-state index contributed by atoms with van der Waals surface area (Å²) in [4.78, 5) is 13.5. The van der Waals surface area contributed by atoms with Gasteiger partial charge in [0.2, 0.25) is 6.41 Å². The second-order valence-electron chi connectivity index (χ2n) is 5.84. The Morgan fingerprint density at radius 1 is 1.16 bits per heavy atom. The largest absolute Gasteiger partial charge is 0.398 e. The van der Waals surface area contributed by atoms with Gasteiger partial charge in [-0.2, -0.15) is 0 Å². The second-order valence-corrected chi connectivity index (χ2v) is 6.76. The summed E-state index contributed by atoms with van der Waals surface area (Å²) in [7, 11) is 0. The van der Waals surface area contributed by atoms with Gasteiger partial charge in [0, 0.05) is 15.8 Å². The van der Waals surface area contributed by atoms with E-state index in [1.54, 1.807) is 4.90 Å². The van der Waals surface area contributed by atoms with Gasteiger partial charge in [-0.1, -0.05) is 55.3 Å². The number of carbonyl (C=O) groups is 1. The van der Waals surface area contributed by atoms with Crippen LogP contribution in [0.3, 0.4) is 0 Å². The molecule has 0 saturated carbocycles. The maximum Gasteiger partial charge on any atom is 0.214 e. The Hall–Kier alpha value is -1.81. The third-order valence-corrected chi connectivity index (χ3v) is 4.68. The van der Waals surface area contributed by atoms with Crippen molar-refractivity contribution in [3.63, 3.8) is 0 Å². The van der Waals surface area contributed by atoms with Crippen LogP contribution in [0.4, 0.5) is 11.4 Å². The third-order valence-electron chi connectivity index (χ3n) is 4.15. The van der Waals surface area contributed by atoms with Crippen LogP contribution in [0.15, 0.2) is 34.8 Å². The fraction of sp³-hybridized carbons (Fsp3) is 0.381. The van der Waals surface area contributed by atoms with E-state index in [0.29, 0.717) is 6.54 Å². The average molecular weight is 405 g/mol. The number of hydrogen-bond donors (Lipinski definition) is 1. The zero-order valence-electron chi connectivity index (χ0n) is 15.9. The van der Waals surface area contributed by atoms with Crippen LogP contribution in [0.25, 0.3) is 0 Å². The van der Waals surface area contributed by atoms with Crippen LogP contribution >= 0.6 is 15.9 Å². The molecular formula is C21H29BrN2O. The molecule has 3 nitrogen and oxygen atoms in total. The minimum absolute atomic E-state index is 0.552. The number of benzene rings is 2. The average Bonchev–Trinajstić information content (AvgIpc) is 2.63. The SMILES string of the molecule is CC.CCCc1c(N(C=O)Cc2ccc(Br)cc2)cc(C)c(N)c1C. The van der Waals surface area contributed by atoms with Gasteiger partial charge in [0.15, 0.2) is 0 Å². The number of anilines is 2. The number of rotatable bonds is 6. The van der Waals surface area contributed by atoms with Gasteiger partial charge in [-0.05, 0) is 60.7 Å². The van der Waals surface area contributed by atoms with Gasteiger partial charge in [-0.15, -0.1) is 0 Å². The van der Waals surface area contributed by atoms with Crippen molar-refractivity contribution in [2.75, 3.05) is 10.6 Å². The number of hydrogen-bond acceptors (Lipinski definition) is 2. The number of nitrogens with two attached hydrogens (primary N) is 1. The Bertz CT molecular complexity index is 696. The van der Waals surface area contributed by atoms with Gasteiger partial charge in [-0.3, -0.25) is 4.79 Å². The van der Waals surface area contributed by atoms with Crippen molar-refractivity contribution >= 4 is 33.7 Å². The predicted molar refractivity (Wildman–Crippen MR) is 112 cm³/mol. The summed E-state index contributed by atoms with van der Waals surface area (Å²) in [5.74, 6) is 0. The first-order valence-electron chi connectivity index (χ1n) is 8.82. The van der Waals surface area contributed by atoms with E-state index in [4.69, 9.17) is 5.73 Å². The molecule has 0 fully saturated rings. The highest BCUT2D eigenvalue weighted by atomic mass is 79.9. The number of halogens is 1. The summed E-state index contributed by atoms with van der Waals surface area (Å²) in [6, 6.07) is 10.1. The summed E-state index contributed by atoms with van der Waals surface area (Å²) in [6.45, 7) is 10.7. The molecule has 136 valence electrons. The summed E-state index contributed by atoms with van der Waals surface area (Å²) in [5, 5.41) is 0. The summed E-state index contributed by atoms with van der Waals surface area (Å²) in [6.07, 6.45) is 2.84. The number of carbonyl (C=O) groups excluding carboxylic acids is 1. The molecule has 2 rings (SSSR count). The third kappa shape index (κ3) is 5.33. The number of aryl methyl sites for hydroxylation is 1. The zero-order chi connectivity index (χ0) is 19.0. The van der Waals surface area contributed by atoms with Crippen LogP contribution in [0.1, 0.15) is 49.4 Å². The van der Waals surface area contributed by atoms with Crippen LogP contribution in [-0.2, 0) is 17.8 Å². The molecule has 0 bridgehead atoms. The molecule has 2 aromatic rings. The maximum absolute atomic E-state index is 11.7. The van der Waals surface area contributed by atoms with Gasteiger partial charge in [0.1, 0.15) is 0 Å². The van der Waals surface area contributed by atoms with E-state index in [9.17, 15) is 4.79 Å². The molecule has 0 unspecified atom stereocenters. The van der Waals surface area contributed by atoms with E-state index in [2.05, 4.69) is 22.9 Å². The molecule has 0 radical (unpaired) electrons. The van der Waals surface area contributed by atoms with Crippen molar-refractivity contribution in [2.24, 2.45) is 0 Å². The standard InChI is InChI=1S/C19H23BrN2O.C2H6/c1-4-5-17-14(3)19(21)13(2)10-18(17)22(12-23)11-15-6-8-16(20)9-7-15;1-2/h6-10,12H,4-5,11,21H2,1-3H3;1-2H3. The molecule has 0 atom stereocenters. The van der Waals surface area contributed by atoms with Crippen molar-refractivity contribution in [2.45, 2.75) is 54.0 Å². The fourth-order valence-corrected chi connectivity index (χ4v) is 3.07. The Balaban J connectivity index is 0.00000151. The number of nitrogens with zero attached hydrogens (tertiary/aromatic N) is 1. The lowest BCUT2D eigenvalue weighted by molar-refractivity contribution is -0.107. The van der Waals surface area contributed by atoms with Crippen LogP contribution in [-0.4, -0.2) is 6.41 Å². The van der Waals surface area contributed by atoms with Crippen molar-refractivity contribution < 1.29 is 4.79 Å². The highest BCUT2D eigenvalue weighted by Crippen LogP contribution is 2.32. The Morgan fingerprint density at radius 3 is 2.28 bits per heavy atom. The van der Waals surface area contributed by atoms with Gasteiger partial charge < -0.3 is 10.6 Å². The van der Waals surface area contributed by atoms with Crippen LogP contribution < -0.4 is 10.6 Å². The van der Waals surface area contributed by atoms with Crippen LogP contribution in [0.2, 0.25) is 0 Å². The molecule has 0 saturated heterocycles. The van der Waals surface area contributed by atoms with Crippen molar-refractivity contribution in [3.05, 3.63) is 57.1 Å². The molecule has 2 aromatic carbocycles. The van der Waals surface area contributed by atoms with Crippen molar-refractivity contribution in [3.8, 4) is 0 Å². The molecule has 25 heavy (non-hydrogen) atoms. The van der Waals surface area contributed by atoms with Crippen LogP contribution in [0, 0.1) is 13.8 Å². The summed E-state index contributed by atoms with van der Waals surface area (Å²) < 4.78 is 1.03. The highest BCUT2D eigenvalue weighted by molar-refractivity contribution is 9.10. The molecule has 0 aliphatic carbocycles. The van der Waals surface area contributed by atoms with E-state index in [0.717, 1.165) is 51.8 Å². The summed E-state index contributed by atoms with van der Waals surface area (Å²) >= 11 is 3.44. The zero-order valence-corrected chi connectivity index (χ0v) is 17.5. The van der Waals surface area contributed by atoms with E-state index in [1.165, 1.54) is 5.56 Å². The molecular weight excluding hydrogens is 376 g/mol. The number of amides is 1. The molecule has 4 heteroatoms. The van der Waals surface area contributed by atoms with E-state index in [-0.39, 0.29) is 0 Å². The molecule has 1 amide bonds. The van der Waals surface area contributed by atoms with E-state index >= 15 is 0 Å². The lowest BCUT2D eigenvalue weighted by atomic mass is 9.96. The normalized spacial score (nSPS) is 10.0. The first-order chi connectivity index (χ1) is 12.0. The van der Waals surface area contributed by atoms with Crippen molar-refractivity contribution in [1.82, 2.24) is 0 Å². The predicted octanol–water partition coefficient (Wildman–Crippen LogP) is 5.79. The van der Waals surface area contributed by atoms with Crippen molar-refractivity contribution in [1.29, 1.82) is 0 Å². The highest BCUT2D eigenvalue weighted by Gasteiger charge is 2.16. The minimum Gasteiger partial charge on any atom is -0.398 e. The molecule has 2 N–H and O–H groups in total. The molecule has 0 aliphatic heterocycles. The van der Waals surface area contributed by atoms with Gasteiger partial charge in [0.05, 0.1) is 6.54 Å². The Labute approximate surface area is 160 Å².